The van der Waals surface area contributed by atoms with Gasteiger partial charge >= 0.3 is 5.97 Å². The van der Waals surface area contributed by atoms with Crippen LogP contribution in [0.3, 0.4) is 0 Å². The van der Waals surface area contributed by atoms with Crippen LogP contribution in [-0.2, 0) is 10.2 Å². The highest BCUT2D eigenvalue weighted by Crippen LogP contribution is 2.28. The second-order valence-corrected chi connectivity index (χ2v) is 6.51. The molecule has 0 spiro atoms. The van der Waals surface area contributed by atoms with E-state index >= 15 is 0 Å². The number of esters is 1. The molecular weight excluding hydrogens is 318 g/mol. The van der Waals surface area contributed by atoms with E-state index in [1.54, 1.807) is 6.07 Å². The first kappa shape index (κ1) is 18.3. The SMILES string of the molecule is COc1cc(C#N)ccc1OC(=O)COc1ccc(C(C)(C)C)cc1. The van der Waals surface area contributed by atoms with Crippen molar-refractivity contribution in [3.8, 4) is 23.3 Å². The number of methoxy groups -OCH3 is 1. The van der Waals surface area contributed by atoms with Gasteiger partial charge in [-0.15, -0.1) is 0 Å². The molecule has 0 aliphatic carbocycles. The summed E-state index contributed by atoms with van der Waals surface area (Å²) in [4.78, 5) is 12.0. The Bertz CT molecular complexity index is 783. The monoisotopic (exact) mass is 339 g/mol. The minimum absolute atomic E-state index is 0.0591. The highest BCUT2D eigenvalue weighted by atomic mass is 16.6. The predicted octanol–water partition coefficient (Wildman–Crippen LogP) is 3.85. The summed E-state index contributed by atoms with van der Waals surface area (Å²) in [6.07, 6.45) is 0. The van der Waals surface area contributed by atoms with E-state index in [9.17, 15) is 4.79 Å². The molecule has 0 aliphatic rings. The molecule has 0 radical (unpaired) electrons. The maximum Gasteiger partial charge on any atom is 0.349 e. The smallest absolute Gasteiger partial charge is 0.349 e. The fourth-order valence-electron chi connectivity index (χ4n) is 2.17. The zero-order chi connectivity index (χ0) is 18.4. The summed E-state index contributed by atoms with van der Waals surface area (Å²) in [5.41, 5.74) is 1.67. The molecule has 0 aromatic heterocycles. The fourth-order valence-corrected chi connectivity index (χ4v) is 2.17. The molecule has 0 saturated carbocycles. The van der Waals surface area contributed by atoms with Crippen molar-refractivity contribution in [3.05, 3.63) is 53.6 Å². The first-order valence-corrected chi connectivity index (χ1v) is 7.85. The van der Waals surface area contributed by atoms with Gasteiger partial charge in [0.15, 0.2) is 18.1 Å². The first-order chi connectivity index (χ1) is 11.8. The molecule has 2 aromatic rings. The van der Waals surface area contributed by atoms with Crippen molar-refractivity contribution in [1.29, 1.82) is 5.26 Å². The van der Waals surface area contributed by atoms with Crippen molar-refractivity contribution in [2.75, 3.05) is 13.7 Å². The zero-order valence-corrected chi connectivity index (χ0v) is 14.8. The topological polar surface area (TPSA) is 68.5 Å². The number of carbonyl (C=O) groups is 1. The van der Waals surface area contributed by atoms with Gasteiger partial charge in [-0.3, -0.25) is 0 Å². The van der Waals surface area contributed by atoms with Crippen LogP contribution in [0.4, 0.5) is 0 Å². The molecule has 2 aromatic carbocycles. The van der Waals surface area contributed by atoms with Gasteiger partial charge in [0.1, 0.15) is 5.75 Å². The number of rotatable bonds is 5. The number of hydrogen-bond acceptors (Lipinski definition) is 5. The summed E-state index contributed by atoms with van der Waals surface area (Å²) in [6.45, 7) is 6.17. The fraction of sp³-hybridized carbons (Fsp3) is 0.300. The lowest BCUT2D eigenvalue weighted by atomic mass is 9.87. The third-order valence-electron chi connectivity index (χ3n) is 3.59. The van der Waals surface area contributed by atoms with Crippen molar-refractivity contribution in [2.45, 2.75) is 26.2 Å². The second-order valence-electron chi connectivity index (χ2n) is 6.51. The first-order valence-electron chi connectivity index (χ1n) is 7.85. The summed E-state index contributed by atoms with van der Waals surface area (Å²) >= 11 is 0. The molecule has 0 atom stereocenters. The summed E-state index contributed by atoms with van der Waals surface area (Å²) < 4.78 is 15.8. The van der Waals surface area contributed by atoms with Crippen LogP contribution in [0, 0.1) is 11.3 Å². The lowest BCUT2D eigenvalue weighted by Crippen LogP contribution is -2.18. The lowest BCUT2D eigenvalue weighted by Gasteiger charge is -2.19. The Morgan fingerprint density at radius 3 is 2.32 bits per heavy atom. The lowest BCUT2D eigenvalue weighted by molar-refractivity contribution is -0.136. The molecular formula is C20H21NO4. The summed E-state index contributed by atoms with van der Waals surface area (Å²) in [6, 6.07) is 14.2. The average Bonchev–Trinajstić information content (AvgIpc) is 2.60. The number of hydrogen-bond donors (Lipinski definition) is 0. The van der Waals surface area contributed by atoms with Crippen molar-refractivity contribution >= 4 is 5.97 Å². The Kier molecular flexibility index (Phi) is 5.66. The Morgan fingerprint density at radius 1 is 1.08 bits per heavy atom. The van der Waals surface area contributed by atoms with E-state index in [2.05, 4.69) is 20.8 Å². The van der Waals surface area contributed by atoms with E-state index < -0.39 is 5.97 Å². The molecule has 25 heavy (non-hydrogen) atoms. The van der Waals surface area contributed by atoms with Crippen LogP contribution in [0.15, 0.2) is 42.5 Å². The molecule has 0 saturated heterocycles. The summed E-state index contributed by atoms with van der Waals surface area (Å²) in [7, 11) is 1.45. The van der Waals surface area contributed by atoms with Gasteiger partial charge in [-0.1, -0.05) is 32.9 Å². The van der Waals surface area contributed by atoms with E-state index in [0.29, 0.717) is 17.1 Å². The number of ether oxygens (including phenoxy) is 3. The number of benzene rings is 2. The van der Waals surface area contributed by atoms with Crippen LogP contribution in [0.25, 0.3) is 0 Å². The highest BCUT2D eigenvalue weighted by Gasteiger charge is 2.14. The summed E-state index contributed by atoms with van der Waals surface area (Å²) in [5, 5.41) is 8.88. The standard InChI is InChI=1S/C20H21NO4/c1-20(2,3)15-6-8-16(9-7-15)24-13-19(22)25-17-10-5-14(12-21)11-18(17)23-4/h5-11H,13H2,1-4H3. The third kappa shape index (κ3) is 4.98. The van der Waals surface area contributed by atoms with Gasteiger partial charge in [-0.05, 0) is 35.2 Å². The van der Waals surface area contributed by atoms with Crippen molar-refractivity contribution in [1.82, 2.24) is 0 Å². The largest absolute Gasteiger partial charge is 0.493 e. The average molecular weight is 339 g/mol. The third-order valence-corrected chi connectivity index (χ3v) is 3.59. The van der Waals surface area contributed by atoms with Gasteiger partial charge in [0.05, 0.1) is 18.7 Å². The molecule has 0 unspecified atom stereocenters. The van der Waals surface area contributed by atoms with Gasteiger partial charge < -0.3 is 14.2 Å². The molecule has 130 valence electrons. The molecule has 5 heteroatoms. The molecule has 0 amide bonds. The van der Waals surface area contributed by atoms with Crippen molar-refractivity contribution in [2.24, 2.45) is 0 Å². The van der Waals surface area contributed by atoms with Crippen LogP contribution in [0.1, 0.15) is 31.9 Å². The van der Waals surface area contributed by atoms with E-state index in [0.717, 1.165) is 0 Å². The number of carbonyl (C=O) groups excluding carboxylic acids is 1. The van der Waals surface area contributed by atoms with E-state index in [4.69, 9.17) is 19.5 Å². The van der Waals surface area contributed by atoms with Crippen molar-refractivity contribution in [3.63, 3.8) is 0 Å². The molecule has 0 fully saturated rings. The predicted molar refractivity (Wildman–Crippen MR) is 94.0 cm³/mol. The summed E-state index contributed by atoms with van der Waals surface area (Å²) in [5.74, 6) is 0.611. The normalized spacial score (nSPS) is 10.7. The minimum Gasteiger partial charge on any atom is -0.493 e. The Morgan fingerprint density at radius 2 is 1.76 bits per heavy atom. The maximum absolute atomic E-state index is 12.0. The van der Waals surface area contributed by atoms with Crippen LogP contribution in [-0.4, -0.2) is 19.7 Å². The van der Waals surface area contributed by atoms with Crippen LogP contribution in [0.5, 0.6) is 17.2 Å². The van der Waals surface area contributed by atoms with Gasteiger partial charge in [0.2, 0.25) is 0 Å². The molecule has 0 heterocycles. The van der Waals surface area contributed by atoms with Crippen molar-refractivity contribution < 1.29 is 19.0 Å². The highest BCUT2D eigenvalue weighted by molar-refractivity contribution is 5.75. The van der Waals surface area contributed by atoms with Gasteiger partial charge in [0, 0.05) is 6.07 Å². The Labute approximate surface area is 147 Å². The van der Waals surface area contributed by atoms with E-state index in [1.165, 1.54) is 24.8 Å². The zero-order valence-electron chi connectivity index (χ0n) is 14.8. The van der Waals surface area contributed by atoms with E-state index in [-0.39, 0.29) is 17.8 Å². The van der Waals surface area contributed by atoms with E-state index in [1.807, 2.05) is 30.3 Å². The van der Waals surface area contributed by atoms with Gasteiger partial charge in [0.25, 0.3) is 0 Å². The van der Waals surface area contributed by atoms with Crippen LogP contribution >= 0.6 is 0 Å². The van der Waals surface area contributed by atoms with Crippen LogP contribution < -0.4 is 14.2 Å². The number of nitriles is 1. The molecule has 0 aliphatic heterocycles. The second kappa shape index (κ2) is 7.71. The quantitative estimate of drug-likeness (QED) is 0.611. The van der Waals surface area contributed by atoms with Gasteiger partial charge in [-0.25, -0.2) is 4.79 Å². The Balaban J connectivity index is 1.96. The molecule has 0 bridgehead atoms. The molecule has 2 rings (SSSR count). The van der Waals surface area contributed by atoms with Crippen LogP contribution in [0.2, 0.25) is 0 Å². The molecule has 0 N–H and O–H groups in total. The molecule has 5 nitrogen and oxygen atoms in total. The maximum atomic E-state index is 12.0. The minimum atomic E-state index is -0.553. The Hall–Kier alpha value is -3.00. The number of nitrogens with zero attached hydrogens (tertiary/aromatic N) is 1. The van der Waals surface area contributed by atoms with Gasteiger partial charge in [-0.2, -0.15) is 5.26 Å².